The number of anilines is 1. The molecule has 4 atom stereocenters. The van der Waals surface area contributed by atoms with Crippen molar-refractivity contribution >= 4 is 38.8 Å². The fourth-order valence-corrected chi connectivity index (χ4v) is 5.62. The van der Waals surface area contributed by atoms with Crippen molar-refractivity contribution in [3.63, 3.8) is 0 Å². The van der Waals surface area contributed by atoms with Crippen LogP contribution in [0.5, 0.6) is 0 Å². The number of hydrogen-bond acceptors (Lipinski definition) is 7. The van der Waals surface area contributed by atoms with Gasteiger partial charge in [0.05, 0.1) is 17.5 Å². The van der Waals surface area contributed by atoms with Gasteiger partial charge < -0.3 is 19.5 Å². The maximum atomic E-state index is 10.9. The van der Waals surface area contributed by atoms with Gasteiger partial charge in [0, 0.05) is 29.7 Å². The van der Waals surface area contributed by atoms with E-state index in [9.17, 15) is 18.1 Å². The largest absolute Gasteiger partial charge is 1.00 e. The normalized spacial score (nSPS) is 24.6. The molecule has 0 bridgehead atoms. The van der Waals surface area contributed by atoms with Crippen molar-refractivity contribution in [1.29, 1.82) is 0 Å². The van der Waals surface area contributed by atoms with E-state index in [1.807, 2.05) is 33.7 Å². The van der Waals surface area contributed by atoms with Gasteiger partial charge in [-0.25, -0.2) is 23.1 Å². The second-order valence-corrected chi connectivity index (χ2v) is 10.1. The van der Waals surface area contributed by atoms with Gasteiger partial charge in [-0.2, -0.15) is 0 Å². The Morgan fingerprint density at radius 1 is 1.24 bits per heavy atom. The summed E-state index contributed by atoms with van der Waals surface area (Å²) in [5, 5.41) is 15.6. The number of nitrogens with zero attached hydrogens (tertiary/aromatic N) is 3. The summed E-state index contributed by atoms with van der Waals surface area (Å²) in [5.74, 6) is 0.415. The molecule has 170 valence electrons. The molecule has 3 N–H and O–H groups in total. The van der Waals surface area contributed by atoms with Gasteiger partial charge in [0.25, 0.3) is 0 Å². The van der Waals surface area contributed by atoms with Crippen molar-refractivity contribution in [2.24, 2.45) is 5.92 Å². The van der Waals surface area contributed by atoms with Crippen LogP contribution in [0, 0.1) is 5.92 Å². The first-order valence-electron chi connectivity index (χ1n) is 10.5. The van der Waals surface area contributed by atoms with Crippen LogP contribution in [0.25, 0.3) is 11.0 Å². The molecular formula is C21H23ClKN5O4S. The third-order valence-corrected chi connectivity index (χ3v) is 7.31. The molecule has 2 heterocycles. The number of aryl methyl sites for hydroxylation is 1. The number of benzene rings is 1. The minimum atomic E-state index is -4.54. The second kappa shape index (κ2) is 10.2. The first kappa shape index (κ1) is 25.5. The number of aliphatic hydroxyl groups excluding tert-OH is 1. The molecular weight excluding hydrogens is 493 g/mol. The van der Waals surface area contributed by atoms with Crippen LogP contribution in [0.1, 0.15) is 42.5 Å². The van der Waals surface area contributed by atoms with Gasteiger partial charge in [0.15, 0.2) is 10.3 Å². The topological polar surface area (TPSA) is 132 Å². The first-order valence-corrected chi connectivity index (χ1v) is 12.3. The predicted octanol–water partition coefficient (Wildman–Crippen LogP) is -0.450. The third-order valence-electron chi connectivity index (χ3n) is 6.55. The summed E-state index contributed by atoms with van der Waals surface area (Å²) in [5.41, 5.74) is 3.22. The number of halogens is 1. The van der Waals surface area contributed by atoms with Gasteiger partial charge in [-0.15, -0.1) is 0 Å². The zero-order valence-electron chi connectivity index (χ0n) is 18.1. The summed E-state index contributed by atoms with van der Waals surface area (Å²) in [6.07, 6.45) is 5.64. The molecule has 2 aliphatic carbocycles. The average molecular weight is 516 g/mol. The van der Waals surface area contributed by atoms with Crippen LogP contribution in [-0.4, -0.2) is 45.3 Å². The molecule has 9 nitrogen and oxygen atoms in total. The molecule has 1 saturated carbocycles. The Morgan fingerprint density at radius 3 is 2.85 bits per heavy atom. The molecule has 0 amide bonds. The molecule has 2 aromatic heterocycles. The van der Waals surface area contributed by atoms with E-state index in [0.29, 0.717) is 12.8 Å². The Hall–Kier alpha value is -0.604. The number of aliphatic hydroxyl groups is 1. The maximum absolute atomic E-state index is 10.9. The fraction of sp³-hybridized carbons (Fsp3) is 0.429. The van der Waals surface area contributed by atoms with Crippen LogP contribution < -0.4 is 61.4 Å². The molecule has 0 unspecified atom stereocenters. The molecule has 12 heteroatoms. The summed E-state index contributed by atoms with van der Waals surface area (Å²) < 4.78 is 36.6. The van der Waals surface area contributed by atoms with Gasteiger partial charge in [-0.3, -0.25) is 0 Å². The quantitative estimate of drug-likeness (QED) is 0.299. The zero-order chi connectivity index (χ0) is 22.5. The van der Waals surface area contributed by atoms with Crippen molar-refractivity contribution in [3.8, 4) is 0 Å². The molecule has 1 aromatic carbocycles. The van der Waals surface area contributed by atoms with E-state index in [1.54, 1.807) is 0 Å². The molecule has 0 aliphatic heterocycles. The maximum Gasteiger partial charge on any atom is 1.00 e. The second-order valence-electron chi connectivity index (χ2n) is 8.52. The number of fused-ring (bicyclic) bond motifs is 2. The third kappa shape index (κ3) is 5.47. The molecule has 3 aromatic rings. The number of aromatic nitrogens is 3. The van der Waals surface area contributed by atoms with E-state index < -0.39 is 16.4 Å². The Balaban J connectivity index is 0.00000259. The molecule has 0 saturated heterocycles. The van der Waals surface area contributed by atoms with Crippen molar-refractivity contribution in [2.75, 3.05) is 11.9 Å². The summed E-state index contributed by atoms with van der Waals surface area (Å²) in [7, 11) is -4.54. The standard InChI is InChI=1S/C21H24ClN5O4S.K/c22-14-2-3-16-12(7-14)1-4-18(16)26-20-17-5-6-27(21(17)24-11-23-20)15-8-13(19(28)9-15)10-25-32(29,30)31;/h2-3,5-7,11,13,15,18-19,25,28H,1,4,8-10H2,(H,23,24,26)(H,29,30,31);/q;+1/p-1/t13-,15+,18-,19-;/m0./s1. The summed E-state index contributed by atoms with van der Waals surface area (Å²) in [4.78, 5) is 8.93. The van der Waals surface area contributed by atoms with E-state index >= 15 is 0 Å². The van der Waals surface area contributed by atoms with Crippen molar-refractivity contribution < 1.29 is 69.5 Å². The Bertz CT molecular complexity index is 1270. The van der Waals surface area contributed by atoms with E-state index in [0.717, 1.165) is 34.7 Å². The van der Waals surface area contributed by atoms with Gasteiger partial charge in [-0.1, -0.05) is 17.7 Å². The fourth-order valence-electron chi connectivity index (χ4n) is 5.01. The summed E-state index contributed by atoms with van der Waals surface area (Å²) >= 11 is 6.13. The van der Waals surface area contributed by atoms with E-state index in [-0.39, 0.29) is 75.9 Å². The predicted molar refractivity (Wildman–Crippen MR) is 119 cm³/mol. The Kier molecular flexibility index (Phi) is 7.86. The summed E-state index contributed by atoms with van der Waals surface area (Å²) in [6.45, 7) is -0.0738. The Labute approximate surface area is 239 Å². The number of nitrogens with one attached hydrogen (secondary N) is 2. The van der Waals surface area contributed by atoms with Gasteiger partial charge >= 0.3 is 51.4 Å². The van der Waals surface area contributed by atoms with Crippen molar-refractivity contribution in [2.45, 2.75) is 43.9 Å². The number of rotatable bonds is 6. The molecule has 0 spiro atoms. The smallest absolute Gasteiger partial charge is 0.735 e. The van der Waals surface area contributed by atoms with Gasteiger partial charge in [-0.05, 0) is 55.0 Å². The monoisotopic (exact) mass is 515 g/mol. The number of hydrogen-bond donors (Lipinski definition) is 3. The Morgan fingerprint density at radius 2 is 2.06 bits per heavy atom. The van der Waals surface area contributed by atoms with Gasteiger partial charge in [0.2, 0.25) is 0 Å². The average Bonchev–Trinajstić information content (AvgIpc) is 3.43. The van der Waals surface area contributed by atoms with Crippen LogP contribution in [0.2, 0.25) is 5.02 Å². The first-order chi connectivity index (χ1) is 15.3. The molecule has 2 aliphatic rings. The minimum Gasteiger partial charge on any atom is -0.735 e. The van der Waals surface area contributed by atoms with Crippen LogP contribution >= 0.6 is 11.6 Å². The van der Waals surface area contributed by atoms with E-state index in [4.69, 9.17) is 11.6 Å². The van der Waals surface area contributed by atoms with Crippen LogP contribution in [0.3, 0.4) is 0 Å². The van der Waals surface area contributed by atoms with Gasteiger partial charge in [0.1, 0.15) is 17.8 Å². The van der Waals surface area contributed by atoms with Crippen molar-refractivity contribution in [3.05, 3.63) is 52.9 Å². The SMILES string of the molecule is O=S(=O)([O-])NC[C@@H]1C[C@@H](n2ccc3c(N[C@H]4CCc5cc(Cl)ccc54)ncnc32)C[C@@H]1O.[K+]. The van der Waals surface area contributed by atoms with Crippen LogP contribution in [-0.2, 0) is 16.7 Å². The minimum absolute atomic E-state index is 0. The summed E-state index contributed by atoms with van der Waals surface area (Å²) in [6, 6.07) is 8.01. The molecule has 1 fully saturated rings. The molecule has 33 heavy (non-hydrogen) atoms. The molecule has 5 rings (SSSR count). The van der Waals surface area contributed by atoms with Crippen molar-refractivity contribution in [1.82, 2.24) is 19.3 Å². The zero-order valence-corrected chi connectivity index (χ0v) is 22.8. The van der Waals surface area contributed by atoms with Crippen LogP contribution in [0.4, 0.5) is 5.82 Å². The van der Waals surface area contributed by atoms with E-state index in [1.165, 1.54) is 17.5 Å². The van der Waals surface area contributed by atoms with Crippen LogP contribution in [0.15, 0.2) is 36.8 Å². The van der Waals surface area contributed by atoms with E-state index in [2.05, 4.69) is 21.4 Å². The molecule has 0 radical (unpaired) electrons.